The van der Waals surface area contributed by atoms with Crippen LogP contribution in [0.25, 0.3) is 0 Å². The van der Waals surface area contributed by atoms with Crippen molar-refractivity contribution in [3.63, 3.8) is 0 Å². The minimum absolute atomic E-state index is 0.373. The molecule has 0 spiro atoms. The first-order valence-electron chi connectivity index (χ1n) is 8.64. The minimum atomic E-state index is 0.373. The molecule has 0 aliphatic carbocycles. The van der Waals surface area contributed by atoms with Crippen molar-refractivity contribution in [1.82, 2.24) is 14.8 Å². The zero-order valence-electron chi connectivity index (χ0n) is 14.4. The number of likely N-dealkylation sites (tertiary alicyclic amines) is 2. The highest BCUT2D eigenvalue weighted by Crippen LogP contribution is 2.34. The first kappa shape index (κ1) is 16.3. The zero-order chi connectivity index (χ0) is 16.5. The van der Waals surface area contributed by atoms with Gasteiger partial charge in [0.1, 0.15) is 0 Å². The maximum absolute atomic E-state index is 5.81. The Morgan fingerprint density at radius 1 is 1.38 bits per heavy atom. The molecule has 2 aromatic rings. The van der Waals surface area contributed by atoms with Crippen LogP contribution in [0.4, 0.5) is 0 Å². The molecule has 5 nitrogen and oxygen atoms in total. The number of hydrogen-bond donors (Lipinski definition) is 0. The Labute approximate surface area is 147 Å². The van der Waals surface area contributed by atoms with Gasteiger partial charge in [-0.2, -0.15) is 0 Å². The number of piperidine rings is 1. The number of nitrogens with zero attached hydrogens (tertiary/aromatic N) is 3. The monoisotopic (exact) mass is 347 g/mol. The standard InChI is InChI=1S/C18H25N3O2S/c1-13-19-15(12-24-13)8-20-9-16-17(10-20)21(5-3-18(16)22-2)7-14-4-6-23-11-14/h4,6,11-12,16-18H,3,5,7-10H2,1-2H3/t16-,17+,18+/m0/s1. The summed E-state index contributed by atoms with van der Waals surface area (Å²) in [5.41, 5.74) is 2.46. The largest absolute Gasteiger partial charge is 0.472 e. The number of fused-ring (bicyclic) bond motifs is 1. The Morgan fingerprint density at radius 2 is 2.29 bits per heavy atom. The van der Waals surface area contributed by atoms with E-state index in [0.717, 1.165) is 44.2 Å². The first-order valence-corrected chi connectivity index (χ1v) is 9.52. The lowest BCUT2D eigenvalue weighted by Crippen LogP contribution is -2.50. The van der Waals surface area contributed by atoms with Crippen molar-refractivity contribution < 1.29 is 9.15 Å². The van der Waals surface area contributed by atoms with Crippen LogP contribution >= 0.6 is 11.3 Å². The van der Waals surface area contributed by atoms with Crippen LogP contribution in [0, 0.1) is 12.8 Å². The molecule has 0 unspecified atom stereocenters. The predicted molar refractivity (Wildman–Crippen MR) is 93.9 cm³/mol. The van der Waals surface area contributed by atoms with Gasteiger partial charge >= 0.3 is 0 Å². The van der Waals surface area contributed by atoms with Crippen LogP contribution in [0.2, 0.25) is 0 Å². The number of aromatic nitrogens is 1. The molecule has 2 saturated heterocycles. The Bertz CT molecular complexity index is 657. The quantitative estimate of drug-likeness (QED) is 0.832. The highest BCUT2D eigenvalue weighted by atomic mass is 32.1. The molecule has 2 aliphatic rings. The second-order valence-corrected chi connectivity index (χ2v) is 8.01. The molecular weight excluding hydrogens is 322 g/mol. The molecule has 2 aliphatic heterocycles. The predicted octanol–water partition coefficient (Wildman–Crippen LogP) is 2.77. The van der Waals surface area contributed by atoms with E-state index in [2.05, 4.69) is 33.2 Å². The lowest BCUT2D eigenvalue weighted by atomic mass is 9.89. The van der Waals surface area contributed by atoms with Gasteiger partial charge in [0.05, 0.1) is 29.3 Å². The van der Waals surface area contributed by atoms with Gasteiger partial charge in [0.25, 0.3) is 0 Å². The van der Waals surface area contributed by atoms with E-state index >= 15 is 0 Å². The van der Waals surface area contributed by atoms with E-state index in [4.69, 9.17) is 9.15 Å². The van der Waals surface area contributed by atoms with Crippen LogP contribution in [0.1, 0.15) is 22.7 Å². The van der Waals surface area contributed by atoms with Crippen molar-refractivity contribution in [3.05, 3.63) is 40.2 Å². The van der Waals surface area contributed by atoms with Gasteiger partial charge in [-0.05, 0) is 19.4 Å². The lowest BCUT2D eigenvalue weighted by Gasteiger charge is -2.41. The Hall–Kier alpha value is -1.21. The normalized spacial score (nSPS) is 28.3. The molecule has 3 atom stereocenters. The smallest absolute Gasteiger partial charge is 0.0947 e. The third kappa shape index (κ3) is 3.28. The number of rotatable bonds is 5. The molecule has 130 valence electrons. The first-order chi connectivity index (χ1) is 11.7. The van der Waals surface area contributed by atoms with Crippen molar-refractivity contribution in [2.45, 2.75) is 38.6 Å². The average molecular weight is 347 g/mol. The van der Waals surface area contributed by atoms with Crippen LogP contribution in [-0.4, -0.2) is 53.7 Å². The van der Waals surface area contributed by atoms with Crippen molar-refractivity contribution in [3.8, 4) is 0 Å². The molecular formula is C18H25N3O2S. The van der Waals surface area contributed by atoms with E-state index in [1.807, 2.05) is 13.4 Å². The third-order valence-electron chi connectivity index (χ3n) is 5.38. The van der Waals surface area contributed by atoms with E-state index in [1.54, 1.807) is 17.6 Å². The summed E-state index contributed by atoms with van der Waals surface area (Å²) in [4.78, 5) is 9.78. The fraction of sp³-hybridized carbons (Fsp3) is 0.611. The Balaban J connectivity index is 1.46. The van der Waals surface area contributed by atoms with Gasteiger partial charge in [-0.1, -0.05) is 0 Å². The molecule has 0 saturated carbocycles. The second kappa shape index (κ2) is 6.96. The zero-order valence-corrected chi connectivity index (χ0v) is 15.2. The third-order valence-corrected chi connectivity index (χ3v) is 6.20. The van der Waals surface area contributed by atoms with Gasteiger partial charge < -0.3 is 9.15 Å². The van der Waals surface area contributed by atoms with Crippen molar-refractivity contribution in [1.29, 1.82) is 0 Å². The summed E-state index contributed by atoms with van der Waals surface area (Å²) < 4.78 is 11.0. The number of aryl methyl sites for hydroxylation is 1. The van der Waals surface area contributed by atoms with E-state index in [1.165, 1.54) is 11.3 Å². The highest BCUT2D eigenvalue weighted by molar-refractivity contribution is 7.09. The summed E-state index contributed by atoms with van der Waals surface area (Å²) in [5, 5.41) is 3.34. The average Bonchev–Trinajstić information content (AvgIpc) is 3.29. The summed E-state index contributed by atoms with van der Waals surface area (Å²) in [6, 6.07) is 2.63. The number of methoxy groups -OCH3 is 1. The number of thiazole rings is 1. The highest BCUT2D eigenvalue weighted by Gasteiger charge is 2.44. The molecule has 0 radical (unpaired) electrons. The molecule has 0 amide bonds. The summed E-state index contributed by atoms with van der Waals surface area (Å²) >= 11 is 1.74. The van der Waals surface area contributed by atoms with Crippen molar-refractivity contribution >= 4 is 11.3 Å². The summed E-state index contributed by atoms with van der Waals surface area (Å²) in [5.74, 6) is 0.579. The molecule has 2 aromatic heterocycles. The van der Waals surface area contributed by atoms with Crippen LogP contribution in [0.15, 0.2) is 28.4 Å². The fourth-order valence-corrected chi connectivity index (χ4v) is 4.87. The van der Waals surface area contributed by atoms with Gasteiger partial charge in [-0.3, -0.25) is 9.80 Å². The summed E-state index contributed by atoms with van der Waals surface area (Å²) in [6.07, 6.45) is 5.11. The van der Waals surface area contributed by atoms with E-state index in [-0.39, 0.29) is 0 Å². The molecule has 2 fully saturated rings. The number of ether oxygens (including phenoxy) is 1. The molecule has 0 N–H and O–H groups in total. The number of hydrogen-bond acceptors (Lipinski definition) is 6. The summed E-state index contributed by atoms with van der Waals surface area (Å²) in [6.45, 7) is 7.28. The van der Waals surface area contributed by atoms with Crippen LogP contribution < -0.4 is 0 Å². The van der Waals surface area contributed by atoms with Crippen molar-refractivity contribution in [2.24, 2.45) is 5.92 Å². The Kier molecular flexibility index (Phi) is 4.72. The fourth-order valence-electron chi connectivity index (χ4n) is 4.26. The van der Waals surface area contributed by atoms with E-state index < -0.39 is 0 Å². The molecule has 24 heavy (non-hydrogen) atoms. The topological polar surface area (TPSA) is 41.7 Å². The summed E-state index contributed by atoms with van der Waals surface area (Å²) in [7, 11) is 1.86. The van der Waals surface area contributed by atoms with Crippen LogP contribution in [0.3, 0.4) is 0 Å². The Morgan fingerprint density at radius 3 is 3.00 bits per heavy atom. The van der Waals surface area contributed by atoms with Gasteiger partial charge in [-0.25, -0.2) is 4.98 Å². The number of furan rings is 1. The van der Waals surface area contributed by atoms with Gasteiger partial charge in [0, 0.05) is 62.7 Å². The van der Waals surface area contributed by atoms with Gasteiger partial charge in [0.15, 0.2) is 0 Å². The van der Waals surface area contributed by atoms with Gasteiger partial charge in [-0.15, -0.1) is 11.3 Å². The second-order valence-electron chi connectivity index (χ2n) is 6.95. The molecule has 4 heterocycles. The van der Waals surface area contributed by atoms with Gasteiger partial charge in [0.2, 0.25) is 0 Å². The van der Waals surface area contributed by atoms with E-state index in [0.29, 0.717) is 18.1 Å². The van der Waals surface area contributed by atoms with Crippen LogP contribution in [0.5, 0.6) is 0 Å². The molecule has 4 rings (SSSR count). The SMILES string of the molecule is CO[C@@H]1CCN(Cc2ccoc2)[C@@H]2CN(Cc3csc(C)n3)C[C@@H]21. The van der Waals surface area contributed by atoms with Crippen LogP contribution in [-0.2, 0) is 17.8 Å². The van der Waals surface area contributed by atoms with E-state index in [9.17, 15) is 0 Å². The van der Waals surface area contributed by atoms with Crippen molar-refractivity contribution in [2.75, 3.05) is 26.7 Å². The maximum atomic E-state index is 5.81. The molecule has 6 heteroatoms. The lowest BCUT2D eigenvalue weighted by molar-refractivity contribution is -0.0245. The maximum Gasteiger partial charge on any atom is 0.0947 e. The minimum Gasteiger partial charge on any atom is -0.472 e. The molecule has 0 aromatic carbocycles. The molecule has 0 bridgehead atoms.